The predicted molar refractivity (Wildman–Crippen MR) is 81.0 cm³/mol. The Bertz CT molecular complexity index is 480. The van der Waals surface area contributed by atoms with Crippen LogP contribution in [-0.2, 0) is 6.54 Å². The molecule has 2 N–H and O–H groups in total. The summed E-state index contributed by atoms with van der Waals surface area (Å²) < 4.78 is 16.6. The van der Waals surface area contributed by atoms with Crippen LogP contribution in [-0.4, -0.2) is 30.1 Å². The van der Waals surface area contributed by atoms with Crippen molar-refractivity contribution in [2.24, 2.45) is 0 Å². The van der Waals surface area contributed by atoms with Gasteiger partial charge in [0.2, 0.25) is 6.79 Å². The van der Waals surface area contributed by atoms with Crippen LogP contribution in [0.25, 0.3) is 0 Å². The maximum atomic E-state index is 9.76. The lowest BCUT2D eigenvalue weighted by Gasteiger charge is -2.19. The lowest BCUT2D eigenvalue weighted by atomic mass is 10.1. The summed E-state index contributed by atoms with van der Waals surface area (Å²) in [5.74, 6) is 2.24. The summed E-state index contributed by atoms with van der Waals surface area (Å²) in [4.78, 5) is 0. The molecule has 0 radical (unpaired) electrons. The van der Waals surface area contributed by atoms with Gasteiger partial charge in [0.1, 0.15) is 5.75 Å². The number of fused-ring (bicyclic) bond motifs is 1. The molecule has 118 valence electrons. The molecule has 2 rings (SSSR count). The molecule has 0 atom stereocenters. The average Bonchev–Trinajstić information content (AvgIpc) is 2.81. The fourth-order valence-electron chi connectivity index (χ4n) is 1.96. The Morgan fingerprint density at radius 1 is 1.29 bits per heavy atom. The number of hydrogen-bond acceptors (Lipinski definition) is 5. The van der Waals surface area contributed by atoms with Crippen LogP contribution >= 0.6 is 0 Å². The first-order valence-corrected chi connectivity index (χ1v) is 7.36. The summed E-state index contributed by atoms with van der Waals surface area (Å²) in [5.41, 5.74) is 0.302. The zero-order valence-electron chi connectivity index (χ0n) is 13.2. The van der Waals surface area contributed by atoms with Crippen molar-refractivity contribution in [1.29, 1.82) is 0 Å². The van der Waals surface area contributed by atoms with E-state index in [4.69, 9.17) is 14.2 Å². The first kappa shape index (κ1) is 15.9. The summed E-state index contributed by atoms with van der Waals surface area (Å²) in [6.07, 6.45) is 0.568. The predicted octanol–water partition coefficient (Wildman–Crippen LogP) is 2.45. The van der Waals surface area contributed by atoms with Crippen LogP contribution in [0.15, 0.2) is 12.1 Å². The van der Waals surface area contributed by atoms with Gasteiger partial charge >= 0.3 is 0 Å². The summed E-state index contributed by atoms with van der Waals surface area (Å²) in [6, 6.07) is 4.21. The van der Waals surface area contributed by atoms with Gasteiger partial charge in [0.05, 0.1) is 12.2 Å². The minimum Gasteiger partial charge on any atom is -0.493 e. The molecule has 21 heavy (non-hydrogen) atoms. The van der Waals surface area contributed by atoms with Gasteiger partial charge < -0.3 is 24.6 Å². The SMILES string of the molecule is CC(C)NCc1cc2c(cc1OCCC(C)(C)O)OCO2. The third-order valence-electron chi connectivity index (χ3n) is 3.23. The van der Waals surface area contributed by atoms with Gasteiger partial charge in [-0.05, 0) is 19.9 Å². The van der Waals surface area contributed by atoms with E-state index in [9.17, 15) is 5.11 Å². The van der Waals surface area contributed by atoms with Crippen LogP contribution in [0.4, 0.5) is 0 Å². The number of nitrogens with one attached hydrogen (secondary N) is 1. The Morgan fingerprint density at radius 3 is 2.57 bits per heavy atom. The molecule has 1 heterocycles. The summed E-state index contributed by atoms with van der Waals surface area (Å²) in [7, 11) is 0. The normalized spacial score (nSPS) is 13.8. The van der Waals surface area contributed by atoms with Crippen LogP contribution < -0.4 is 19.5 Å². The van der Waals surface area contributed by atoms with E-state index in [0.717, 1.165) is 17.1 Å². The van der Waals surface area contributed by atoms with Gasteiger partial charge in [0, 0.05) is 30.6 Å². The maximum absolute atomic E-state index is 9.76. The number of benzene rings is 1. The van der Waals surface area contributed by atoms with E-state index in [0.29, 0.717) is 31.4 Å². The molecule has 0 aromatic heterocycles. The minimum absolute atomic E-state index is 0.250. The summed E-state index contributed by atoms with van der Waals surface area (Å²) >= 11 is 0. The van der Waals surface area contributed by atoms with Crippen LogP contribution in [0, 0.1) is 0 Å². The molecule has 0 amide bonds. The molecule has 0 unspecified atom stereocenters. The molecule has 1 aromatic carbocycles. The van der Waals surface area contributed by atoms with E-state index in [1.165, 1.54) is 0 Å². The van der Waals surface area contributed by atoms with Crippen molar-refractivity contribution >= 4 is 0 Å². The van der Waals surface area contributed by atoms with E-state index < -0.39 is 5.60 Å². The standard InChI is InChI=1S/C16H25NO4/c1-11(2)17-9-12-7-14-15(21-10-20-14)8-13(12)19-6-5-16(3,4)18/h7-8,11,17-18H,5-6,9-10H2,1-4H3. The highest BCUT2D eigenvalue weighted by atomic mass is 16.7. The van der Waals surface area contributed by atoms with Gasteiger partial charge in [-0.25, -0.2) is 0 Å². The maximum Gasteiger partial charge on any atom is 0.231 e. The van der Waals surface area contributed by atoms with E-state index >= 15 is 0 Å². The van der Waals surface area contributed by atoms with Gasteiger partial charge in [-0.15, -0.1) is 0 Å². The highest BCUT2D eigenvalue weighted by Gasteiger charge is 2.19. The quantitative estimate of drug-likeness (QED) is 0.809. The molecule has 0 spiro atoms. The van der Waals surface area contributed by atoms with E-state index in [1.807, 2.05) is 12.1 Å². The Kier molecular flexibility index (Phi) is 4.96. The van der Waals surface area contributed by atoms with E-state index in [1.54, 1.807) is 13.8 Å². The van der Waals surface area contributed by atoms with Crippen LogP contribution in [0.3, 0.4) is 0 Å². The lowest BCUT2D eigenvalue weighted by Crippen LogP contribution is -2.23. The zero-order chi connectivity index (χ0) is 15.5. The van der Waals surface area contributed by atoms with Crippen LogP contribution in [0.5, 0.6) is 17.2 Å². The Morgan fingerprint density at radius 2 is 1.95 bits per heavy atom. The third kappa shape index (κ3) is 4.79. The van der Waals surface area contributed by atoms with Crippen molar-refractivity contribution in [3.63, 3.8) is 0 Å². The van der Waals surface area contributed by atoms with Crippen LogP contribution in [0.1, 0.15) is 39.7 Å². The molecule has 0 saturated heterocycles. The molecule has 5 heteroatoms. The Hall–Kier alpha value is -1.46. The second-order valence-corrected chi connectivity index (χ2v) is 6.26. The summed E-state index contributed by atoms with van der Waals surface area (Å²) in [6.45, 7) is 9.15. The highest BCUT2D eigenvalue weighted by molar-refractivity contribution is 5.51. The van der Waals surface area contributed by atoms with Crippen molar-refractivity contribution in [2.45, 2.75) is 52.3 Å². The first-order valence-electron chi connectivity index (χ1n) is 7.36. The van der Waals surface area contributed by atoms with Gasteiger partial charge in [-0.3, -0.25) is 0 Å². The number of hydrogen-bond donors (Lipinski definition) is 2. The fourth-order valence-corrected chi connectivity index (χ4v) is 1.96. The van der Waals surface area contributed by atoms with Crippen molar-refractivity contribution < 1.29 is 19.3 Å². The average molecular weight is 295 g/mol. The van der Waals surface area contributed by atoms with Crippen molar-refractivity contribution in [2.75, 3.05) is 13.4 Å². The molecular weight excluding hydrogens is 270 g/mol. The molecule has 0 saturated carbocycles. The number of rotatable bonds is 7. The Balaban J connectivity index is 2.09. The molecule has 0 bridgehead atoms. The Labute approximate surface area is 126 Å². The monoisotopic (exact) mass is 295 g/mol. The van der Waals surface area contributed by atoms with Crippen molar-refractivity contribution in [3.05, 3.63) is 17.7 Å². The van der Waals surface area contributed by atoms with Gasteiger partial charge in [0.15, 0.2) is 11.5 Å². The van der Waals surface area contributed by atoms with E-state index in [2.05, 4.69) is 19.2 Å². The molecule has 0 aliphatic carbocycles. The molecule has 5 nitrogen and oxygen atoms in total. The van der Waals surface area contributed by atoms with Crippen LogP contribution in [0.2, 0.25) is 0 Å². The first-order chi connectivity index (χ1) is 9.85. The zero-order valence-corrected chi connectivity index (χ0v) is 13.2. The highest BCUT2D eigenvalue weighted by Crippen LogP contribution is 2.38. The number of ether oxygens (including phenoxy) is 3. The topological polar surface area (TPSA) is 60.0 Å². The number of aliphatic hydroxyl groups is 1. The van der Waals surface area contributed by atoms with Gasteiger partial charge in [-0.1, -0.05) is 13.8 Å². The largest absolute Gasteiger partial charge is 0.493 e. The second kappa shape index (κ2) is 6.54. The van der Waals surface area contributed by atoms with Gasteiger partial charge in [0.25, 0.3) is 0 Å². The second-order valence-electron chi connectivity index (χ2n) is 6.26. The van der Waals surface area contributed by atoms with Crippen molar-refractivity contribution in [3.8, 4) is 17.2 Å². The smallest absolute Gasteiger partial charge is 0.231 e. The molecule has 0 fully saturated rings. The van der Waals surface area contributed by atoms with Crippen molar-refractivity contribution in [1.82, 2.24) is 5.32 Å². The molecule has 1 aliphatic heterocycles. The van der Waals surface area contributed by atoms with E-state index in [-0.39, 0.29) is 6.79 Å². The third-order valence-corrected chi connectivity index (χ3v) is 3.23. The summed E-state index contributed by atoms with van der Waals surface area (Å²) in [5, 5.41) is 13.1. The molecular formula is C16H25NO4. The van der Waals surface area contributed by atoms with Gasteiger partial charge in [-0.2, -0.15) is 0 Å². The lowest BCUT2D eigenvalue weighted by molar-refractivity contribution is 0.0551. The molecule has 1 aliphatic rings. The fraction of sp³-hybridized carbons (Fsp3) is 0.625. The minimum atomic E-state index is -0.729. The molecule has 1 aromatic rings.